The molecule has 0 fully saturated rings. The highest BCUT2D eigenvalue weighted by atomic mass is 32.2. The second-order valence-electron chi connectivity index (χ2n) is 6.28. The SMILES string of the molecule is COc1ccc2c(c1)c([S+]([O-])C(C)C)c(C(=O)O)n2Cc1ccccc1. The third-order valence-electron chi connectivity index (χ3n) is 4.24. The first-order chi connectivity index (χ1) is 12.4. The molecule has 0 spiro atoms. The summed E-state index contributed by atoms with van der Waals surface area (Å²) < 4.78 is 20.0. The second-order valence-corrected chi connectivity index (χ2v) is 8.23. The van der Waals surface area contributed by atoms with Crippen molar-refractivity contribution < 1.29 is 19.2 Å². The van der Waals surface area contributed by atoms with E-state index in [0.717, 1.165) is 11.1 Å². The number of nitrogens with zero attached hydrogens (tertiary/aromatic N) is 1. The van der Waals surface area contributed by atoms with E-state index in [4.69, 9.17) is 4.74 Å². The molecule has 0 aliphatic carbocycles. The Balaban J connectivity index is 2.31. The number of fused-ring (bicyclic) bond motifs is 1. The number of carboxylic acids is 1. The molecule has 1 atom stereocenters. The van der Waals surface area contributed by atoms with Crippen LogP contribution in [-0.2, 0) is 17.7 Å². The fourth-order valence-corrected chi connectivity index (χ4v) is 4.25. The van der Waals surface area contributed by atoms with Gasteiger partial charge in [-0.1, -0.05) is 30.3 Å². The molecule has 1 heterocycles. The molecular weight excluding hydrogens is 350 g/mol. The highest BCUT2D eigenvalue weighted by Crippen LogP contribution is 2.35. The van der Waals surface area contributed by atoms with E-state index in [0.29, 0.717) is 22.6 Å². The first kappa shape index (κ1) is 18.4. The first-order valence-electron chi connectivity index (χ1n) is 8.32. The van der Waals surface area contributed by atoms with Gasteiger partial charge >= 0.3 is 5.97 Å². The number of aromatic nitrogens is 1. The van der Waals surface area contributed by atoms with E-state index in [1.807, 2.05) is 50.2 Å². The third kappa shape index (κ3) is 3.30. The van der Waals surface area contributed by atoms with Gasteiger partial charge in [-0.05, 0) is 48.8 Å². The molecule has 1 unspecified atom stereocenters. The smallest absolute Gasteiger partial charge is 0.357 e. The maximum Gasteiger partial charge on any atom is 0.357 e. The van der Waals surface area contributed by atoms with Gasteiger partial charge in [0.05, 0.1) is 18.0 Å². The van der Waals surface area contributed by atoms with Crippen molar-refractivity contribution >= 4 is 28.0 Å². The molecule has 0 amide bonds. The van der Waals surface area contributed by atoms with Crippen molar-refractivity contribution in [3.05, 3.63) is 59.8 Å². The zero-order valence-corrected chi connectivity index (χ0v) is 15.7. The van der Waals surface area contributed by atoms with Crippen LogP contribution in [0.1, 0.15) is 29.9 Å². The van der Waals surface area contributed by atoms with Gasteiger partial charge in [0.25, 0.3) is 0 Å². The molecule has 136 valence electrons. The normalized spacial score (nSPS) is 12.5. The summed E-state index contributed by atoms with van der Waals surface area (Å²) in [5.74, 6) is -0.478. The summed E-state index contributed by atoms with van der Waals surface area (Å²) in [4.78, 5) is 12.5. The largest absolute Gasteiger partial charge is 0.611 e. The topological polar surface area (TPSA) is 74.5 Å². The van der Waals surface area contributed by atoms with Crippen LogP contribution in [0.2, 0.25) is 0 Å². The van der Waals surface area contributed by atoms with E-state index in [1.165, 1.54) is 0 Å². The summed E-state index contributed by atoms with van der Waals surface area (Å²) in [7, 11) is 1.55. The number of benzene rings is 2. The number of methoxy groups -OCH3 is 1. The van der Waals surface area contributed by atoms with Crippen LogP contribution in [0.4, 0.5) is 0 Å². The van der Waals surface area contributed by atoms with Crippen LogP contribution in [0.5, 0.6) is 5.75 Å². The van der Waals surface area contributed by atoms with Crippen molar-refractivity contribution in [1.29, 1.82) is 0 Å². The van der Waals surface area contributed by atoms with E-state index in [2.05, 4.69) is 0 Å². The molecule has 1 N–H and O–H groups in total. The van der Waals surface area contributed by atoms with Gasteiger partial charge in [0.15, 0.2) is 10.6 Å². The first-order valence-corrected chi connectivity index (χ1v) is 9.53. The van der Waals surface area contributed by atoms with Crippen molar-refractivity contribution in [3.8, 4) is 5.75 Å². The van der Waals surface area contributed by atoms with Crippen molar-refractivity contribution in [3.63, 3.8) is 0 Å². The van der Waals surface area contributed by atoms with Crippen molar-refractivity contribution in [1.82, 2.24) is 4.57 Å². The number of carbonyl (C=O) groups is 1. The Kier molecular flexibility index (Phi) is 5.25. The van der Waals surface area contributed by atoms with E-state index in [1.54, 1.807) is 23.8 Å². The highest BCUT2D eigenvalue weighted by molar-refractivity contribution is 7.92. The fourth-order valence-electron chi connectivity index (χ4n) is 3.01. The predicted octanol–water partition coefficient (Wildman–Crippen LogP) is 3.91. The Morgan fingerprint density at radius 3 is 2.50 bits per heavy atom. The number of hydrogen-bond donors (Lipinski definition) is 1. The number of aromatic carboxylic acids is 1. The van der Waals surface area contributed by atoms with Gasteiger partial charge in [0.2, 0.25) is 0 Å². The number of carboxylic acid groups (broad SMARTS) is 1. The van der Waals surface area contributed by atoms with Crippen LogP contribution < -0.4 is 4.74 Å². The van der Waals surface area contributed by atoms with Crippen molar-refractivity contribution in [2.45, 2.75) is 30.5 Å². The van der Waals surface area contributed by atoms with Crippen molar-refractivity contribution in [2.75, 3.05) is 7.11 Å². The summed E-state index contributed by atoms with van der Waals surface area (Å²) >= 11 is -1.45. The van der Waals surface area contributed by atoms with Crippen LogP contribution in [-0.4, -0.2) is 32.6 Å². The zero-order valence-electron chi connectivity index (χ0n) is 14.9. The van der Waals surface area contributed by atoms with Crippen LogP contribution in [0.25, 0.3) is 10.9 Å². The van der Waals surface area contributed by atoms with Gasteiger partial charge in [-0.2, -0.15) is 0 Å². The molecule has 1 aromatic heterocycles. The van der Waals surface area contributed by atoms with Gasteiger partial charge in [-0.3, -0.25) is 0 Å². The lowest BCUT2D eigenvalue weighted by atomic mass is 10.2. The molecule has 0 saturated heterocycles. The Morgan fingerprint density at radius 1 is 1.23 bits per heavy atom. The summed E-state index contributed by atoms with van der Waals surface area (Å²) in [5.41, 5.74) is 1.78. The Morgan fingerprint density at radius 2 is 1.92 bits per heavy atom. The summed E-state index contributed by atoms with van der Waals surface area (Å²) in [6.07, 6.45) is 0. The number of ether oxygens (including phenoxy) is 1. The molecule has 5 nitrogen and oxygen atoms in total. The number of hydrogen-bond acceptors (Lipinski definition) is 3. The van der Waals surface area contributed by atoms with Gasteiger partial charge in [0.1, 0.15) is 11.0 Å². The van der Waals surface area contributed by atoms with Crippen molar-refractivity contribution in [2.24, 2.45) is 0 Å². The molecule has 3 rings (SSSR count). The molecular formula is C20H21NO4S. The van der Waals surface area contributed by atoms with E-state index in [9.17, 15) is 14.5 Å². The predicted molar refractivity (Wildman–Crippen MR) is 103 cm³/mol. The minimum absolute atomic E-state index is 0.0733. The average molecular weight is 371 g/mol. The third-order valence-corrected chi connectivity index (χ3v) is 5.91. The lowest BCUT2D eigenvalue weighted by Gasteiger charge is -2.15. The lowest BCUT2D eigenvalue weighted by molar-refractivity contribution is 0.0682. The molecule has 0 aliphatic heterocycles. The molecule has 2 aromatic carbocycles. The van der Waals surface area contributed by atoms with E-state index >= 15 is 0 Å². The molecule has 26 heavy (non-hydrogen) atoms. The maximum absolute atomic E-state index is 12.9. The summed E-state index contributed by atoms with van der Waals surface area (Å²) in [6.45, 7) is 4.03. The summed E-state index contributed by atoms with van der Waals surface area (Å²) in [5, 5.41) is 10.4. The summed E-state index contributed by atoms with van der Waals surface area (Å²) in [6, 6.07) is 15.0. The van der Waals surface area contributed by atoms with Gasteiger partial charge in [0, 0.05) is 6.54 Å². The zero-order chi connectivity index (χ0) is 18.8. The number of rotatable bonds is 6. The Hall–Kier alpha value is -2.44. The van der Waals surface area contributed by atoms with Gasteiger partial charge in [-0.25, -0.2) is 4.79 Å². The molecule has 0 saturated carbocycles. The fraction of sp³-hybridized carbons (Fsp3) is 0.250. The minimum Gasteiger partial charge on any atom is -0.611 e. The molecule has 6 heteroatoms. The molecule has 3 aromatic rings. The lowest BCUT2D eigenvalue weighted by Crippen LogP contribution is -2.19. The van der Waals surface area contributed by atoms with Gasteiger partial charge < -0.3 is 19.0 Å². The highest BCUT2D eigenvalue weighted by Gasteiger charge is 2.32. The molecule has 0 aliphatic rings. The Labute approximate surface area is 155 Å². The van der Waals surface area contributed by atoms with E-state index in [-0.39, 0.29) is 10.9 Å². The molecule has 0 bridgehead atoms. The van der Waals surface area contributed by atoms with E-state index < -0.39 is 17.1 Å². The van der Waals surface area contributed by atoms with Crippen LogP contribution in [0, 0.1) is 0 Å². The maximum atomic E-state index is 12.9. The van der Waals surface area contributed by atoms with Crippen LogP contribution in [0.3, 0.4) is 0 Å². The minimum atomic E-state index is -1.45. The van der Waals surface area contributed by atoms with Crippen LogP contribution >= 0.6 is 0 Å². The van der Waals surface area contributed by atoms with Crippen LogP contribution in [0.15, 0.2) is 53.4 Å². The monoisotopic (exact) mass is 371 g/mol. The average Bonchev–Trinajstić information content (AvgIpc) is 2.95. The Bertz CT molecular complexity index is 934. The quantitative estimate of drug-likeness (QED) is 0.667. The van der Waals surface area contributed by atoms with Gasteiger partial charge in [-0.15, -0.1) is 0 Å². The molecule has 0 radical (unpaired) electrons. The second kappa shape index (κ2) is 7.43. The standard InChI is InChI=1S/C20H21NO4S/c1-13(2)26(24)19-16-11-15(25-3)9-10-17(16)21(18(19)20(22)23)12-14-7-5-4-6-8-14/h4-11,13H,12H2,1-3H3,(H,22,23).